The van der Waals surface area contributed by atoms with Crippen molar-refractivity contribution < 1.29 is 0 Å². The lowest BCUT2D eigenvalue weighted by molar-refractivity contribution is 0.774. The van der Waals surface area contributed by atoms with Gasteiger partial charge in [-0.3, -0.25) is 0 Å². The van der Waals surface area contributed by atoms with Crippen LogP contribution in [0.25, 0.3) is 0 Å². The zero-order valence-corrected chi connectivity index (χ0v) is 9.52. The fourth-order valence-electron chi connectivity index (χ4n) is 1.06. The maximum Gasteiger partial charge on any atom is 0.177 e. The lowest BCUT2D eigenvalue weighted by Gasteiger charge is -2.01. The molecule has 2 aromatic rings. The van der Waals surface area contributed by atoms with Crippen molar-refractivity contribution in [3.63, 3.8) is 0 Å². The molecule has 1 N–H and O–H groups in total. The van der Waals surface area contributed by atoms with Crippen LogP contribution in [0.3, 0.4) is 0 Å². The van der Waals surface area contributed by atoms with E-state index in [0.29, 0.717) is 0 Å². The van der Waals surface area contributed by atoms with Gasteiger partial charge in [-0.15, -0.1) is 0 Å². The summed E-state index contributed by atoms with van der Waals surface area (Å²) in [5.74, 6) is 0. The Labute approximate surface area is 91.0 Å². The highest BCUT2D eigenvalue weighted by Crippen LogP contribution is 2.24. The third-order valence-corrected chi connectivity index (χ3v) is 3.50. The van der Waals surface area contributed by atoms with E-state index in [1.807, 2.05) is 35.6 Å². The highest BCUT2D eigenvalue weighted by molar-refractivity contribution is 7.99. The molecule has 0 unspecified atom stereocenters. The monoisotopic (exact) mass is 226 g/mol. The first-order valence-electron chi connectivity index (χ1n) is 4.08. The van der Waals surface area contributed by atoms with E-state index in [9.17, 15) is 0 Å². The normalized spacial score (nSPS) is 10.7. The van der Waals surface area contributed by atoms with Crippen LogP contribution in [-0.2, 0) is 14.1 Å². The molecule has 0 aliphatic heterocycles. The van der Waals surface area contributed by atoms with Crippen molar-refractivity contribution in [3.8, 4) is 0 Å². The molecule has 0 radical (unpaired) electrons. The molecule has 0 aromatic carbocycles. The molecular formula is C8H10N4S2. The van der Waals surface area contributed by atoms with Crippen molar-refractivity contribution in [1.82, 2.24) is 19.1 Å². The summed E-state index contributed by atoms with van der Waals surface area (Å²) in [6.45, 7) is 0. The Hall–Kier alpha value is -1.01. The van der Waals surface area contributed by atoms with Crippen molar-refractivity contribution in [2.75, 3.05) is 0 Å². The Morgan fingerprint density at radius 1 is 1.50 bits per heavy atom. The predicted octanol–water partition coefficient (Wildman–Crippen LogP) is 1.97. The largest absolute Gasteiger partial charge is 0.336 e. The summed E-state index contributed by atoms with van der Waals surface area (Å²) in [4.78, 5) is 7.21. The second-order valence-corrected chi connectivity index (χ2v) is 4.29. The molecule has 0 saturated carbocycles. The zero-order chi connectivity index (χ0) is 10.1. The molecule has 14 heavy (non-hydrogen) atoms. The second-order valence-electron chi connectivity index (χ2n) is 2.91. The van der Waals surface area contributed by atoms with Gasteiger partial charge in [0.15, 0.2) is 9.93 Å². The number of nitrogens with one attached hydrogen (secondary N) is 1. The molecule has 0 aliphatic carbocycles. The average Bonchev–Trinajstić information content (AvgIpc) is 2.68. The third-order valence-electron chi connectivity index (χ3n) is 1.93. The van der Waals surface area contributed by atoms with Gasteiger partial charge in [-0.1, -0.05) is 0 Å². The molecule has 2 aromatic heterocycles. The van der Waals surface area contributed by atoms with Gasteiger partial charge in [-0.05, 0) is 24.0 Å². The van der Waals surface area contributed by atoms with Gasteiger partial charge >= 0.3 is 0 Å². The Morgan fingerprint density at radius 3 is 2.79 bits per heavy atom. The smallest absolute Gasteiger partial charge is 0.177 e. The van der Waals surface area contributed by atoms with Gasteiger partial charge in [0.25, 0.3) is 0 Å². The van der Waals surface area contributed by atoms with Gasteiger partial charge in [0, 0.05) is 32.7 Å². The molecule has 0 atom stereocenters. The van der Waals surface area contributed by atoms with Gasteiger partial charge in [0.05, 0.1) is 0 Å². The number of aromatic amines is 1. The molecule has 2 rings (SSSR count). The van der Waals surface area contributed by atoms with Crippen LogP contribution in [0.2, 0.25) is 0 Å². The summed E-state index contributed by atoms with van der Waals surface area (Å²) in [5, 5.41) is 2.01. The topological polar surface area (TPSA) is 38.5 Å². The Kier molecular flexibility index (Phi) is 2.47. The fourth-order valence-corrected chi connectivity index (χ4v) is 2.13. The first-order valence-corrected chi connectivity index (χ1v) is 5.30. The van der Waals surface area contributed by atoms with Crippen LogP contribution in [0.5, 0.6) is 0 Å². The number of hydrogen-bond donors (Lipinski definition) is 1. The van der Waals surface area contributed by atoms with E-state index in [0.717, 1.165) is 15.0 Å². The molecule has 6 heteroatoms. The van der Waals surface area contributed by atoms with Gasteiger partial charge in [-0.2, -0.15) is 0 Å². The number of hydrogen-bond acceptors (Lipinski definition) is 3. The van der Waals surface area contributed by atoms with E-state index in [-0.39, 0.29) is 0 Å². The summed E-state index contributed by atoms with van der Waals surface area (Å²) in [6.07, 6.45) is 5.59. The third kappa shape index (κ3) is 1.62. The number of aryl methyl sites for hydroxylation is 1. The second kappa shape index (κ2) is 3.62. The Morgan fingerprint density at radius 2 is 2.29 bits per heavy atom. The summed E-state index contributed by atoms with van der Waals surface area (Å²) in [7, 11) is 3.90. The van der Waals surface area contributed by atoms with Crippen molar-refractivity contribution in [3.05, 3.63) is 23.4 Å². The molecule has 4 nitrogen and oxygen atoms in total. The van der Waals surface area contributed by atoms with Gasteiger partial charge in [0.2, 0.25) is 0 Å². The summed E-state index contributed by atoms with van der Waals surface area (Å²) < 4.78 is 4.62. The standard InChI is InChI=1S/C8H10N4S2/c1-11-4-3-9-8(11)14-6-5-10-7(13)12(6)2/h3-5H,1-2H3,(H,10,13). The SMILES string of the molecule is Cn1ccnc1Sc1c[nH]c(=S)n1C. The summed E-state index contributed by atoms with van der Waals surface area (Å²) in [5.41, 5.74) is 0. The molecular weight excluding hydrogens is 216 g/mol. The quantitative estimate of drug-likeness (QED) is 0.796. The Balaban J connectivity index is 2.32. The van der Waals surface area contributed by atoms with Crippen molar-refractivity contribution in [2.24, 2.45) is 14.1 Å². The molecule has 0 aliphatic rings. The van der Waals surface area contributed by atoms with E-state index < -0.39 is 0 Å². The fraction of sp³-hybridized carbons (Fsp3) is 0.250. The highest BCUT2D eigenvalue weighted by atomic mass is 32.2. The first kappa shape index (κ1) is 9.54. The molecule has 0 amide bonds. The van der Waals surface area contributed by atoms with E-state index in [1.165, 1.54) is 0 Å². The summed E-state index contributed by atoms with van der Waals surface area (Å²) in [6, 6.07) is 0. The van der Waals surface area contributed by atoms with Crippen LogP contribution in [0.4, 0.5) is 0 Å². The highest BCUT2D eigenvalue weighted by Gasteiger charge is 2.05. The minimum Gasteiger partial charge on any atom is -0.336 e. The Bertz CT molecular complexity index is 493. The number of aromatic nitrogens is 4. The van der Waals surface area contributed by atoms with Crippen LogP contribution in [0, 0.1) is 4.77 Å². The molecule has 2 heterocycles. The lowest BCUT2D eigenvalue weighted by Crippen LogP contribution is -1.92. The molecule has 0 bridgehead atoms. The minimum absolute atomic E-state index is 0.724. The van der Waals surface area contributed by atoms with Crippen LogP contribution in [0.1, 0.15) is 0 Å². The minimum atomic E-state index is 0.724. The van der Waals surface area contributed by atoms with Crippen LogP contribution < -0.4 is 0 Å². The van der Waals surface area contributed by atoms with Crippen molar-refractivity contribution >= 4 is 24.0 Å². The van der Waals surface area contributed by atoms with Gasteiger partial charge in [0.1, 0.15) is 5.03 Å². The van der Waals surface area contributed by atoms with Gasteiger partial charge in [-0.25, -0.2) is 4.98 Å². The van der Waals surface area contributed by atoms with E-state index in [4.69, 9.17) is 12.2 Å². The van der Waals surface area contributed by atoms with Crippen LogP contribution >= 0.6 is 24.0 Å². The van der Waals surface area contributed by atoms with Crippen LogP contribution in [0.15, 0.2) is 28.8 Å². The van der Waals surface area contributed by atoms with Crippen LogP contribution in [-0.4, -0.2) is 19.1 Å². The molecule has 0 spiro atoms. The molecule has 74 valence electrons. The predicted molar refractivity (Wildman–Crippen MR) is 57.9 cm³/mol. The molecule has 0 saturated heterocycles. The number of nitrogens with zero attached hydrogens (tertiary/aromatic N) is 3. The number of rotatable bonds is 2. The van der Waals surface area contributed by atoms with E-state index in [2.05, 4.69) is 9.97 Å². The molecule has 0 fully saturated rings. The van der Waals surface area contributed by atoms with E-state index in [1.54, 1.807) is 18.0 Å². The van der Waals surface area contributed by atoms with Crippen molar-refractivity contribution in [1.29, 1.82) is 0 Å². The van der Waals surface area contributed by atoms with Gasteiger partial charge < -0.3 is 14.1 Å². The summed E-state index contributed by atoms with van der Waals surface area (Å²) >= 11 is 6.65. The number of imidazole rings is 2. The maximum absolute atomic E-state index is 5.07. The maximum atomic E-state index is 5.07. The average molecular weight is 226 g/mol. The number of H-pyrrole nitrogens is 1. The van der Waals surface area contributed by atoms with Crippen molar-refractivity contribution in [2.45, 2.75) is 10.2 Å². The first-order chi connectivity index (χ1) is 6.68. The van der Waals surface area contributed by atoms with E-state index >= 15 is 0 Å². The lowest BCUT2D eigenvalue weighted by atomic mass is 10.9. The zero-order valence-electron chi connectivity index (χ0n) is 7.89.